The van der Waals surface area contributed by atoms with E-state index in [1.165, 1.54) is 19.2 Å². The molecule has 3 aromatic rings. The molecule has 4 unspecified atom stereocenters. The topological polar surface area (TPSA) is 99.8 Å². The third kappa shape index (κ3) is 5.11. The molecule has 0 spiro atoms. The van der Waals surface area contributed by atoms with E-state index in [4.69, 9.17) is 9.47 Å². The third-order valence-corrected chi connectivity index (χ3v) is 6.40. The molecule has 2 aromatic carbocycles. The fraction of sp³-hybridized carbons (Fsp3) is 0.346. The van der Waals surface area contributed by atoms with E-state index in [0.717, 1.165) is 14.7 Å². The molecule has 9 heteroatoms. The van der Waals surface area contributed by atoms with Crippen LogP contribution in [0.2, 0.25) is 0 Å². The lowest BCUT2D eigenvalue weighted by molar-refractivity contribution is -0.0462. The van der Waals surface area contributed by atoms with Gasteiger partial charge in [0, 0.05) is 24.8 Å². The molecule has 1 aromatic heterocycles. The van der Waals surface area contributed by atoms with Gasteiger partial charge in [-0.2, -0.15) is 0 Å². The molecule has 0 amide bonds. The van der Waals surface area contributed by atoms with Gasteiger partial charge in [-0.25, -0.2) is 18.5 Å². The van der Waals surface area contributed by atoms with Crippen LogP contribution in [0.1, 0.15) is 35.3 Å². The van der Waals surface area contributed by atoms with E-state index in [2.05, 4.69) is 0 Å². The van der Waals surface area contributed by atoms with Crippen molar-refractivity contribution >= 4 is 5.97 Å². The lowest BCUT2D eigenvalue weighted by atomic mass is 9.98. The molecule has 8 nitrogen and oxygen atoms in total. The molecule has 1 N–H and O–H groups in total. The van der Waals surface area contributed by atoms with Crippen molar-refractivity contribution in [3.05, 3.63) is 105 Å². The van der Waals surface area contributed by atoms with Crippen molar-refractivity contribution in [2.24, 2.45) is 5.92 Å². The molecule has 4 atom stereocenters. The quantitative estimate of drug-likeness (QED) is 0.496. The van der Waals surface area contributed by atoms with E-state index < -0.39 is 47.6 Å². The number of nitrogens with zero attached hydrogens (tertiary/aromatic N) is 2. The minimum absolute atomic E-state index is 0.0409. The number of hydrogen-bond donors (Lipinski definition) is 1. The number of ether oxygens (including phenoxy) is 2. The summed E-state index contributed by atoms with van der Waals surface area (Å²) in [5.41, 5.74) is -2.38. The van der Waals surface area contributed by atoms with Crippen LogP contribution in [-0.2, 0) is 22.8 Å². The first-order valence-electron chi connectivity index (χ1n) is 11.3. The highest BCUT2D eigenvalue weighted by Crippen LogP contribution is 2.47. The zero-order valence-corrected chi connectivity index (χ0v) is 19.2. The van der Waals surface area contributed by atoms with E-state index in [0.29, 0.717) is 0 Å². The van der Waals surface area contributed by atoms with Gasteiger partial charge in [-0.1, -0.05) is 48.5 Å². The Kier molecular flexibility index (Phi) is 7.28. The number of aromatic nitrogens is 2. The number of carbonyl (C=O) groups excluding carboxylic acids is 1. The molecule has 4 rings (SSSR count). The van der Waals surface area contributed by atoms with Crippen molar-refractivity contribution in [1.82, 2.24) is 9.13 Å². The van der Waals surface area contributed by atoms with Crippen LogP contribution in [0, 0.1) is 5.92 Å². The SMILES string of the molecule is CC1(F)C(OC(=O)c2ccccc2)C(CO)CC1n1ccc(=O)n(COCc2ccccc2)c1=O. The predicted octanol–water partition coefficient (Wildman–Crippen LogP) is 2.69. The molecule has 1 aliphatic carbocycles. The number of rotatable bonds is 8. The molecule has 0 radical (unpaired) electrons. The first-order valence-corrected chi connectivity index (χ1v) is 11.3. The minimum Gasteiger partial charge on any atom is -0.455 e. The summed E-state index contributed by atoms with van der Waals surface area (Å²) in [6.07, 6.45) is -0.0116. The maximum absolute atomic E-state index is 16.2. The molecule has 35 heavy (non-hydrogen) atoms. The van der Waals surface area contributed by atoms with Gasteiger partial charge < -0.3 is 14.6 Å². The molecule has 1 heterocycles. The number of hydrogen-bond acceptors (Lipinski definition) is 6. The molecule has 0 aliphatic heterocycles. The highest BCUT2D eigenvalue weighted by Gasteiger charge is 2.56. The van der Waals surface area contributed by atoms with Crippen LogP contribution in [0.15, 0.2) is 82.5 Å². The van der Waals surface area contributed by atoms with Crippen LogP contribution in [0.25, 0.3) is 0 Å². The fourth-order valence-electron chi connectivity index (χ4n) is 4.53. The van der Waals surface area contributed by atoms with Gasteiger partial charge in [-0.05, 0) is 31.0 Å². The second kappa shape index (κ2) is 10.4. The summed E-state index contributed by atoms with van der Waals surface area (Å²) in [6, 6.07) is 17.5. The second-order valence-electron chi connectivity index (χ2n) is 8.77. The first-order chi connectivity index (χ1) is 16.8. The average molecular weight is 483 g/mol. The summed E-state index contributed by atoms with van der Waals surface area (Å²) in [5, 5.41) is 9.89. The number of benzene rings is 2. The summed E-state index contributed by atoms with van der Waals surface area (Å²) in [6.45, 7) is 0.691. The van der Waals surface area contributed by atoms with Gasteiger partial charge in [0.2, 0.25) is 0 Å². The molecule has 1 saturated carbocycles. The molecular formula is C26H27FN2O6. The first kappa shape index (κ1) is 24.6. The van der Waals surface area contributed by atoms with Gasteiger partial charge in [-0.15, -0.1) is 0 Å². The van der Waals surface area contributed by atoms with Crippen molar-refractivity contribution in [3.63, 3.8) is 0 Å². The zero-order chi connectivity index (χ0) is 25.0. The van der Waals surface area contributed by atoms with E-state index >= 15 is 4.39 Å². The standard InChI is InChI=1S/C26H27FN2O6/c1-26(27)21(14-20(15-30)23(26)35-24(32)19-10-6-3-7-11-19)28-13-12-22(31)29(25(28)33)17-34-16-18-8-4-2-5-9-18/h2-13,20-21,23,30H,14-17H2,1H3. The largest absolute Gasteiger partial charge is 0.455 e. The van der Waals surface area contributed by atoms with Crippen molar-refractivity contribution in [2.75, 3.05) is 6.61 Å². The van der Waals surface area contributed by atoms with Crippen LogP contribution in [0.4, 0.5) is 4.39 Å². The summed E-state index contributed by atoms with van der Waals surface area (Å²) in [4.78, 5) is 38.1. The van der Waals surface area contributed by atoms with Gasteiger partial charge in [0.25, 0.3) is 5.56 Å². The smallest absolute Gasteiger partial charge is 0.338 e. The number of carbonyl (C=O) groups is 1. The number of alkyl halides is 1. The molecular weight excluding hydrogens is 455 g/mol. The average Bonchev–Trinajstić information content (AvgIpc) is 3.11. The summed E-state index contributed by atoms with van der Waals surface area (Å²) >= 11 is 0. The second-order valence-corrected chi connectivity index (χ2v) is 8.77. The number of esters is 1. The molecule has 184 valence electrons. The van der Waals surface area contributed by atoms with Gasteiger partial charge >= 0.3 is 11.7 Å². The van der Waals surface area contributed by atoms with E-state index in [1.807, 2.05) is 30.3 Å². The maximum atomic E-state index is 16.2. The van der Waals surface area contributed by atoms with E-state index in [9.17, 15) is 19.5 Å². The summed E-state index contributed by atoms with van der Waals surface area (Å²) in [7, 11) is 0. The van der Waals surface area contributed by atoms with Crippen LogP contribution in [-0.4, -0.2) is 38.6 Å². The lowest BCUT2D eigenvalue weighted by Crippen LogP contribution is -2.47. The Morgan fingerprint density at radius 3 is 2.40 bits per heavy atom. The minimum atomic E-state index is -2.19. The highest BCUT2D eigenvalue weighted by molar-refractivity contribution is 5.89. The van der Waals surface area contributed by atoms with Crippen molar-refractivity contribution in [2.45, 2.75) is 44.5 Å². The Morgan fingerprint density at radius 1 is 1.09 bits per heavy atom. The highest BCUT2D eigenvalue weighted by atomic mass is 19.1. The van der Waals surface area contributed by atoms with Gasteiger partial charge in [0.15, 0.2) is 5.67 Å². The Morgan fingerprint density at radius 2 is 1.74 bits per heavy atom. The Labute approximate surface area is 201 Å². The maximum Gasteiger partial charge on any atom is 0.338 e. The van der Waals surface area contributed by atoms with Gasteiger partial charge in [0.05, 0.1) is 18.2 Å². The third-order valence-electron chi connectivity index (χ3n) is 6.40. The van der Waals surface area contributed by atoms with Gasteiger partial charge in [0.1, 0.15) is 12.8 Å². The summed E-state index contributed by atoms with van der Waals surface area (Å²) in [5.74, 6) is -1.45. The van der Waals surface area contributed by atoms with Crippen LogP contribution in [0.5, 0.6) is 0 Å². The van der Waals surface area contributed by atoms with Crippen LogP contribution < -0.4 is 11.2 Å². The molecule has 0 saturated heterocycles. The zero-order valence-electron chi connectivity index (χ0n) is 19.2. The van der Waals surface area contributed by atoms with E-state index in [-0.39, 0.29) is 25.3 Å². The summed E-state index contributed by atoms with van der Waals surface area (Å²) < 4.78 is 29.2. The van der Waals surface area contributed by atoms with E-state index in [1.54, 1.807) is 30.3 Å². The van der Waals surface area contributed by atoms with Gasteiger partial charge in [-0.3, -0.25) is 9.36 Å². The normalized spacial score (nSPS) is 23.8. The Bertz CT molecular complexity index is 1270. The predicted molar refractivity (Wildman–Crippen MR) is 126 cm³/mol. The molecule has 0 bridgehead atoms. The Hall–Kier alpha value is -3.56. The van der Waals surface area contributed by atoms with Crippen molar-refractivity contribution in [3.8, 4) is 0 Å². The number of aliphatic hydroxyl groups is 1. The number of halogens is 1. The fourth-order valence-corrected chi connectivity index (χ4v) is 4.53. The molecule has 1 fully saturated rings. The lowest BCUT2D eigenvalue weighted by Gasteiger charge is -2.30. The van der Waals surface area contributed by atoms with Crippen molar-refractivity contribution < 1.29 is 23.8 Å². The monoisotopic (exact) mass is 482 g/mol. The number of aliphatic hydroxyl groups excluding tert-OH is 1. The van der Waals surface area contributed by atoms with Crippen LogP contribution in [0.3, 0.4) is 0 Å². The van der Waals surface area contributed by atoms with Crippen LogP contribution >= 0.6 is 0 Å². The van der Waals surface area contributed by atoms with Crippen molar-refractivity contribution in [1.29, 1.82) is 0 Å². The molecule has 1 aliphatic rings. The Balaban J connectivity index is 1.57.